The lowest BCUT2D eigenvalue weighted by atomic mass is 10.1. The number of aromatic nitrogens is 2. The van der Waals surface area contributed by atoms with Crippen LogP contribution in [0.25, 0.3) is 6.08 Å². The number of amides is 1. The van der Waals surface area contributed by atoms with E-state index in [2.05, 4.69) is 22.1 Å². The minimum absolute atomic E-state index is 0.0303. The molecule has 2 aromatic rings. The van der Waals surface area contributed by atoms with Crippen molar-refractivity contribution in [2.24, 2.45) is 0 Å². The van der Waals surface area contributed by atoms with Crippen molar-refractivity contribution in [3.05, 3.63) is 42.0 Å². The molecule has 28 heavy (non-hydrogen) atoms. The summed E-state index contributed by atoms with van der Waals surface area (Å²) in [6.07, 6.45) is 3.93. The van der Waals surface area contributed by atoms with E-state index in [4.69, 9.17) is 9.47 Å². The molecule has 1 aromatic carbocycles. The highest BCUT2D eigenvalue weighted by atomic mass is 32.2. The van der Waals surface area contributed by atoms with E-state index in [0.717, 1.165) is 6.26 Å². The van der Waals surface area contributed by atoms with Crippen LogP contribution in [0.3, 0.4) is 0 Å². The Kier molecular flexibility index (Phi) is 6.86. The van der Waals surface area contributed by atoms with E-state index in [-0.39, 0.29) is 15.0 Å². The quantitative estimate of drug-likeness (QED) is 0.297. The molecule has 0 aliphatic carbocycles. The summed E-state index contributed by atoms with van der Waals surface area (Å²) in [6, 6.07) is 6.70. The number of carbonyl (C=O) groups is 1. The number of ether oxygens (including phenoxy) is 2. The molecule has 1 heterocycles. The number of hydrogen-bond donors (Lipinski definition) is 1. The van der Waals surface area contributed by atoms with Crippen LogP contribution in [0.4, 0.5) is 5.13 Å². The molecule has 1 aromatic heterocycles. The molecule has 0 spiro atoms. The number of nitrogens with one attached hydrogen (secondary N) is 1. The predicted molar refractivity (Wildman–Crippen MR) is 104 cm³/mol. The molecular weight excluding hydrogens is 404 g/mol. The number of nitrogens with zero attached hydrogens (tertiary/aromatic N) is 3. The van der Waals surface area contributed by atoms with Gasteiger partial charge in [-0.05, 0) is 23.8 Å². The van der Waals surface area contributed by atoms with Gasteiger partial charge in [0, 0.05) is 6.26 Å². The van der Waals surface area contributed by atoms with Crippen LogP contribution in [-0.2, 0) is 14.6 Å². The molecule has 0 saturated heterocycles. The van der Waals surface area contributed by atoms with Crippen LogP contribution in [0.1, 0.15) is 5.56 Å². The highest BCUT2D eigenvalue weighted by molar-refractivity contribution is 7.92. The number of sulfone groups is 1. The van der Waals surface area contributed by atoms with Crippen molar-refractivity contribution >= 4 is 38.3 Å². The number of benzene rings is 1. The number of hydrogen-bond acceptors (Lipinski definition) is 9. The first-order valence-electron chi connectivity index (χ1n) is 7.67. The summed E-state index contributed by atoms with van der Waals surface area (Å²) in [4.78, 5) is 12.3. The molecule has 0 fully saturated rings. The van der Waals surface area contributed by atoms with Crippen LogP contribution >= 0.6 is 11.3 Å². The first-order chi connectivity index (χ1) is 13.3. The number of nitriles is 1. The van der Waals surface area contributed by atoms with Gasteiger partial charge in [-0.1, -0.05) is 30.1 Å². The predicted octanol–water partition coefficient (Wildman–Crippen LogP) is 2.06. The number of carbonyl (C=O) groups excluding carboxylic acids is 1. The Morgan fingerprint density at radius 2 is 2.14 bits per heavy atom. The summed E-state index contributed by atoms with van der Waals surface area (Å²) in [5.41, 5.74) is 0.321. The van der Waals surface area contributed by atoms with Crippen molar-refractivity contribution in [3.8, 4) is 17.6 Å². The standard InChI is InChI=1S/C17H16N4O5S2/c1-4-7-26-13-6-5-11(9-14(13)25-2)8-12(10-18)15(22)19-16-20-21-17(27-16)28(3,23)24/h4-6,8-9H,1,7H2,2-3H3,(H,19,20,22)/b12-8-. The van der Waals surface area contributed by atoms with Crippen molar-refractivity contribution in [3.63, 3.8) is 0 Å². The largest absolute Gasteiger partial charge is 0.493 e. The molecule has 1 amide bonds. The zero-order valence-electron chi connectivity index (χ0n) is 15.0. The Labute approximate surface area is 165 Å². The molecule has 0 aliphatic rings. The summed E-state index contributed by atoms with van der Waals surface area (Å²) in [7, 11) is -2.06. The molecule has 0 unspecified atom stereocenters. The van der Waals surface area contributed by atoms with E-state index in [1.165, 1.54) is 13.2 Å². The highest BCUT2D eigenvalue weighted by Crippen LogP contribution is 2.29. The average molecular weight is 420 g/mol. The van der Waals surface area contributed by atoms with Gasteiger partial charge in [-0.15, -0.1) is 10.2 Å². The molecule has 0 radical (unpaired) electrons. The zero-order chi connectivity index (χ0) is 20.7. The number of anilines is 1. The molecule has 0 atom stereocenters. The van der Waals surface area contributed by atoms with E-state index in [1.807, 2.05) is 0 Å². The molecule has 11 heteroatoms. The fourth-order valence-corrected chi connectivity index (χ4v) is 3.44. The Bertz CT molecular complexity index is 1070. The van der Waals surface area contributed by atoms with E-state index in [1.54, 1.807) is 30.3 Å². The van der Waals surface area contributed by atoms with Gasteiger partial charge in [0.15, 0.2) is 11.5 Å². The van der Waals surface area contributed by atoms with Crippen molar-refractivity contribution in [2.45, 2.75) is 4.34 Å². The maximum absolute atomic E-state index is 12.3. The summed E-state index contributed by atoms with van der Waals surface area (Å²) in [5, 5.41) is 18.7. The van der Waals surface area contributed by atoms with Gasteiger partial charge in [0.05, 0.1) is 7.11 Å². The zero-order valence-corrected chi connectivity index (χ0v) is 16.6. The maximum Gasteiger partial charge on any atom is 0.268 e. The van der Waals surface area contributed by atoms with Crippen LogP contribution in [0.5, 0.6) is 11.5 Å². The summed E-state index contributed by atoms with van der Waals surface area (Å²) < 4.78 is 33.3. The summed E-state index contributed by atoms with van der Waals surface area (Å²) in [5.74, 6) is 0.171. The highest BCUT2D eigenvalue weighted by Gasteiger charge is 2.17. The van der Waals surface area contributed by atoms with Gasteiger partial charge in [-0.3, -0.25) is 10.1 Å². The fraction of sp³-hybridized carbons (Fsp3) is 0.176. The van der Waals surface area contributed by atoms with Crippen molar-refractivity contribution < 1.29 is 22.7 Å². The van der Waals surface area contributed by atoms with Crippen molar-refractivity contribution in [2.75, 3.05) is 25.3 Å². The van der Waals surface area contributed by atoms with Crippen molar-refractivity contribution in [1.82, 2.24) is 10.2 Å². The second kappa shape index (κ2) is 9.12. The van der Waals surface area contributed by atoms with E-state index in [0.29, 0.717) is 35.0 Å². The van der Waals surface area contributed by atoms with E-state index >= 15 is 0 Å². The SMILES string of the molecule is C=CCOc1ccc(/C=C(/C#N)C(=O)Nc2nnc(S(C)(=O)=O)s2)cc1OC. The van der Waals surface area contributed by atoms with E-state index in [9.17, 15) is 18.5 Å². The average Bonchev–Trinajstić information content (AvgIpc) is 3.13. The topological polar surface area (TPSA) is 131 Å². The third-order valence-corrected chi connectivity index (χ3v) is 5.67. The summed E-state index contributed by atoms with van der Waals surface area (Å²) in [6.45, 7) is 3.87. The minimum atomic E-state index is -3.53. The first-order valence-corrected chi connectivity index (χ1v) is 10.4. The molecule has 146 valence electrons. The molecule has 2 rings (SSSR count). The van der Waals surface area contributed by atoms with Gasteiger partial charge in [0.2, 0.25) is 19.3 Å². The van der Waals surface area contributed by atoms with Gasteiger partial charge >= 0.3 is 0 Å². The Hall–Kier alpha value is -3.23. The number of methoxy groups -OCH3 is 1. The van der Waals surface area contributed by atoms with Crippen LogP contribution in [-0.4, -0.2) is 44.5 Å². The molecular formula is C17H16N4O5S2. The molecule has 0 aliphatic heterocycles. The van der Waals surface area contributed by atoms with Gasteiger partial charge < -0.3 is 9.47 Å². The second-order valence-electron chi connectivity index (χ2n) is 5.28. The lowest BCUT2D eigenvalue weighted by molar-refractivity contribution is -0.112. The summed E-state index contributed by atoms with van der Waals surface area (Å²) >= 11 is 0.695. The third kappa shape index (κ3) is 5.38. The second-order valence-corrected chi connectivity index (χ2v) is 8.45. The monoisotopic (exact) mass is 420 g/mol. The van der Waals surface area contributed by atoms with Gasteiger partial charge in [-0.25, -0.2) is 8.42 Å². The normalized spacial score (nSPS) is 11.4. The van der Waals surface area contributed by atoms with Crippen LogP contribution in [0.2, 0.25) is 0 Å². The van der Waals surface area contributed by atoms with Crippen LogP contribution in [0.15, 0.2) is 40.8 Å². The lowest BCUT2D eigenvalue weighted by Crippen LogP contribution is -2.13. The Morgan fingerprint density at radius 1 is 1.39 bits per heavy atom. The molecule has 0 saturated carbocycles. The van der Waals surface area contributed by atoms with Gasteiger partial charge in [0.1, 0.15) is 18.2 Å². The molecule has 0 bridgehead atoms. The Balaban J connectivity index is 2.23. The Morgan fingerprint density at radius 3 is 2.71 bits per heavy atom. The van der Waals surface area contributed by atoms with Gasteiger partial charge in [-0.2, -0.15) is 5.26 Å². The number of rotatable bonds is 8. The smallest absolute Gasteiger partial charge is 0.268 e. The third-order valence-electron chi connectivity index (χ3n) is 3.16. The van der Waals surface area contributed by atoms with Crippen molar-refractivity contribution in [1.29, 1.82) is 5.26 Å². The molecule has 9 nitrogen and oxygen atoms in total. The lowest BCUT2D eigenvalue weighted by Gasteiger charge is -2.10. The van der Waals surface area contributed by atoms with Crippen LogP contribution < -0.4 is 14.8 Å². The molecule has 1 N–H and O–H groups in total. The van der Waals surface area contributed by atoms with Gasteiger partial charge in [0.25, 0.3) is 5.91 Å². The maximum atomic E-state index is 12.3. The fourth-order valence-electron chi connectivity index (χ4n) is 1.93. The first kappa shape index (κ1) is 21.1. The van der Waals surface area contributed by atoms with E-state index < -0.39 is 15.7 Å². The van der Waals surface area contributed by atoms with Crippen LogP contribution in [0, 0.1) is 11.3 Å². The minimum Gasteiger partial charge on any atom is -0.493 e.